The van der Waals surface area contributed by atoms with Crippen LogP contribution in [0.4, 0.5) is 14.5 Å². The van der Waals surface area contributed by atoms with Gasteiger partial charge in [0.05, 0.1) is 23.1 Å². The molecule has 1 N–H and O–H groups in total. The van der Waals surface area contributed by atoms with Crippen molar-refractivity contribution in [1.29, 1.82) is 0 Å². The van der Waals surface area contributed by atoms with Gasteiger partial charge in [-0.1, -0.05) is 0 Å². The van der Waals surface area contributed by atoms with Crippen molar-refractivity contribution in [3.8, 4) is 0 Å². The van der Waals surface area contributed by atoms with Crippen LogP contribution in [0.15, 0.2) is 12.1 Å². The first kappa shape index (κ1) is 16.5. The molecule has 0 heterocycles. The molecule has 21 heavy (non-hydrogen) atoms. The standard InChI is InChI=1S/C12H13F2N3O4/c1-3-16(2)10(18)6-15-12(19)8-4-7(13)5-9(11(8)14)17(20)21/h4-5H,3,6H2,1-2H3,(H,15,19). The number of carbonyl (C=O) groups is 2. The number of likely N-dealkylation sites (N-methyl/N-ethyl adjacent to an activating group) is 1. The van der Waals surface area contributed by atoms with E-state index in [1.807, 2.05) is 0 Å². The Morgan fingerprint density at radius 1 is 1.38 bits per heavy atom. The number of amides is 2. The van der Waals surface area contributed by atoms with Crippen molar-refractivity contribution in [3.63, 3.8) is 0 Å². The molecular weight excluding hydrogens is 288 g/mol. The Bertz CT molecular complexity index is 592. The zero-order chi connectivity index (χ0) is 16.2. The van der Waals surface area contributed by atoms with Gasteiger partial charge in [-0.25, -0.2) is 4.39 Å². The molecule has 0 aromatic heterocycles. The van der Waals surface area contributed by atoms with Gasteiger partial charge in [0.15, 0.2) is 0 Å². The van der Waals surface area contributed by atoms with Gasteiger partial charge in [-0.15, -0.1) is 0 Å². The van der Waals surface area contributed by atoms with Crippen molar-refractivity contribution in [2.24, 2.45) is 0 Å². The topological polar surface area (TPSA) is 92.6 Å². The first-order valence-electron chi connectivity index (χ1n) is 5.93. The number of nitrogens with one attached hydrogen (secondary N) is 1. The van der Waals surface area contributed by atoms with Gasteiger partial charge in [0.25, 0.3) is 5.91 Å². The summed E-state index contributed by atoms with van der Waals surface area (Å²) in [5.41, 5.74) is -1.97. The minimum atomic E-state index is -1.45. The van der Waals surface area contributed by atoms with E-state index < -0.39 is 46.2 Å². The molecule has 1 aromatic rings. The number of halogens is 2. The first-order chi connectivity index (χ1) is 9.77. The summed E-state index contributed by atoms with van der Waals surface area (Å²) >= 11 is 0. The quantitative estimate of drug-likeness (QED) is 0.650. The van der Waals surface area contributed by atoms with Crippen LogP contribution in [-0.2, 0) is 4.79 Å². The Kier molecular flexibility index (Phi) is 5.28. The molecule has 0 aliphatic rings. The maximum absolute atomic E-state index is 13.7. The second kappa shape index (κ2) is 6.73. The van der Waals surface area contributed by atoms with Gasteiger partial charge >= 0.3 is 5.69 Å². The number of rotatable bonds is 5. The monoisotopic (exact) mass is 301 g/mol. The van der Waals surface area contributed by atoms with E-state index >= 15 is 0 Å². The molecule has 0 spiro atoms. The number of hydrogen-bond donors (Lipinski definition) is 1. The molecule has 0 radical (unpaired) electrons. The molecule has 0 unspecified atom stereocenters. The van der Waals surface area contributed by atoms with E-state index in [1.54, 1.807) is 6.92 Å². The number of hydrogen-bond acceptors (Lipinski definition) is 4. The summed E-state index contributed by atoms with van der Waals surface area (Å²) in [5.74, 6) is -4.11. The largest absolute Gasteiger partial charge is 0.345 e. The van der Waals surface area contributed by atoms with Crippen LogP contribution in [0.5, 0.6) is 0 Å². The van der Waals surface area contributed by atoms with Gasteiger partial charge in [-0.3, -0.25) is 19.7 Å². The Labute approximate surface area is 118 Å². The Morgan fingerprint density at radius 2 is 2.00 bits per heavy atom. The zero-order valence-corrected chi connectivity index (χ0v) is 11.4. The lowest BCUT2D eigenvalue weighted by atomic mass is 10.1. The summed E-state index contributed by atoms with van der Waals surface area (Å²) in [5, 5.41) is 12.6. The molecule has 7 nitrogen and oxygen atoms in total. The van der Waals surface area contributed by atoms with Crippen LogP contribution in [-0.4, -0.2) is 41.8 Å². The second-order valence-corrected chi connectivity index (χ2v) is 4.13. The van der Waals surface area contributed by atoms with E-state index in [4.69, 9.17) is 0 Å². The van der Waals surface area contributed by atoms with Crippen LogP contribution in [0.2, 0.25) is 0 Å². The highest BCUT2D eigenvalue weighted by molar-refractivity contribution is 5.97. The fraction of sp³-hybridized carbons (Fsp3) is 0.333. The van der Waals surface area contributed by atoms with Gasteiger partial charge in [-0.05, 0) is 13.0 Å². The van der Waals surface area contributed by atoms with Crippen molar-refractivity contribution in [1.82, 2.24) is 10.2 Å². The minimum absolute atomic E-state index is 0.377. The third-order valence-electron chi connectivity index (χ3n) is 2.76. The lowest BCUT2D eigenvalue weighted by molar-refractivity contribution is -0.387. The lowest BCUT2D eigenvalue weighted by Gasteiger charge is -2.14. The van der Waals surface area contributed by atoms with Crippen molar-refractivity contribution in [3.05, 3.63) is 39.4 Å². The molecule has 0 fully saturated rings. The minimum Gasteiger partial charge on any atom is -0.345 e. The summed E-state index contributed by atoms with van der Waals surface area (Å²) in [6.07, 6.45) is 0. The van der Waals surface area contributed by atoms with E-state index in [0.29, 0.717) is 18.7 Å². The predicted octanol–water partition coefficient (Wildman–Crippen LogP) is 1.08. The normalized spacial score (nSPS) is 10.1. The first-order valence-corrected chi connectivity index (χ1v) is 5.93. The summed E-state index contributed by atoms with van der Waals surface area (Å²) in [7, 11) is 1.50. The average Bonchev–Trinajstić information content (AvgIpc) is 2.45. The van der Waals surface area contributed by atoms with E-state index in [2.05, 4.69) is 5.32 Å². The highest BCUT2D eigenvalue weighted by Crippen LogP contribution is 2.22. The maximum Gasteiger partial charge on any atom is 0.308 e. The van der Waals surface area contributed by atoms with Crippen molar-refractivity contribution in [2.75, 3.05) is 20.1 Å². The van der Waals surface area contributed by atoms with Crippen molar-refractivity contribution < 1.29 is 23.3 Å². The fourth-order valence-corrected chi connectivity index (χ4v) is 1.44. The summed E-state index contributed by atoms with van der Waals surface area (Å²) in [6.45, 7) is 1.71. The number of nitro groups is 1. The summed E-state index contributed by atoms with van der Waals surface area (Å²) in [6, 6.07) is 0.911. The molecule has 0 atom stereocenters. The average molecular weight is 301 g/mol. The van der Waals surface area contributed by atoms with Gasteiger partial charge in [-0.2, -0.15) is 4.39 Å². The number of nitrogens with zero attached hydrogens (tertiary/aromatic N) is 2. The molecule has 0 aliphatic carbocycles. The molecule has 9 heteroatoms. The second-order valence-electron chi connectivity index (χ2n) is 4.13. The smallest absolute Gasteiger partial charge is 0.308 e. The predicted molar refractivity (Wildman–Crippen MR) is 68.7 cm³/mol. The lowest BCUT2D eigenvalue weighted by Crippen LogP contribution is -2.38. The Balaban J connectivity index is 2.93. The molecule has 0 bridgehead atoms. The molecule has 1 rings (SSSR count). The fourth-order valence-electron chi connectivity index (χ4n) is 1.44. The molecular formula is C12H13F2N3O4. The van der Waals surface area contributed by atoms with Crippen molar-refractivity contribution in [2.45, 2.75) is 6.92 Å². The Hall–Kier alpha value is -2.58. The molecule has 2 amide bonds. The Morgan fingerprint density at radius 3 is 2.52 bits per heavy atom. The maximum atomic E-state index is 13.7. The molecule has 0 saturated carbocycles. The molecule has 114 valence electrons. The van der Waals surface area contributed by atoms with Gasteiger partial charge < -0.3 is 10.2 Å². The van der Waals surface area contributed by atoms with Gasteiger partial charge in [0.2, 0.25) is 11.7 Å². The van der Waals surface area contributed by atoms with Crippen LogP contribution in [0.25, 0.3) is 0 Å². The van der Waals surface area contributed by atoms with Gasteiger partial charge in [0, 0.05) is 13.6 Å². The van der Waals surface area contributed by atoms with E-state index in [1.165, 1.54) is 11.9 Å². The SMILES string of the molecule is CCN(C)C(=O)CNC(=O)c1cc(F)cc([N+](=O)[O-])c1F. The molecule has 0 saturated heterocycles. The van der Waals surface area contributed by atoms with Crippen molar-refractivity contribution >= 4 is 17.5 Å². The summed E-state index contributed by atoms with van der Waals surface area (Å²) in [4.78, 5) is 33.9. The summed E-state index contributed by atoms with van der Waals surface area (Å²) < 4.78 is 26.9. The third kappa shape index (κ3) is 3.94. The number of carbonyl (C=O) groups excluding carboxylic acids is 2. The van der Waals surface area contributed by atoms with Crippen LogP contribution in [0.1, 0.15) is 17.3 Å². The van der Waals surface area contributed by atoms with Crippen LogP contribution in [0, 0.1) is 21.7 Å². The van der Waals surface area contributed by atoms with Gasteiger partial charge in [0.1, 0.15) is 5.82 Å². The van der Waals surface area contributed by atoms with Crippen LogP contribution < -0.4 is 5.32 Å². The highest BCUT2D eigenvalue weighted by Gasteiger charge is 2.24. The molecule has 0 aliphatic heterocycles. The van der Waals surface area contributed by atoms with E-state index in [0.717, 1.165) is 0 Å². The van der Waals surface area contributed by atoms with Crippen LogP contribution >= 0.6 is 0 Å². The van der Waals surface area contributed by atoms with E-state index in [9.17, 15) is 28.5 Å². The number of benzene rings is 1. The number of nitro benzene ring substituents is 1. The third-order valence-corrected chi connectivity index (χ3v) is 2.76. The highest BCUT2D eigenvalue weighted by atomic mass is 19.1. The van der Waals surface area contributed by atoms with Crippen LogP contribution in [0.3, 0.4) is 0 Å². The van der Waals surface area contributed by atoms with E-state index in [-0.39, 0.29) is 0 Å². The molecule has 1 aromatic carbocycles. The zero-order valence-electron chi connectivity index (χ0n) is 11.4.